The zero-order valence-electron chi connectivity index (χ0n) is 15.3. The van der Waals surface area contributed by atoms with Crippen LogP contribution in [0.4, 0.5) is 11.6 Å². The summed E-state index contributed by atoms with van der Waals surface area (Å²) in [5.74, 6) is 2.24. The molecule has 0 aliphatic carbocycles. The van der Waals surface area contributed by atoms with Gasteiger partial charge in [0.2, 0.25) is 0 Å². The van der Waals surface area contributed by atoms with Gasteiger partial charge in [0.15, 0.2) is 5.82 Å². The van der Waals surface area contributed by atoms with Crippen molar-refractivity contribution in [3.05, 3.63) is 71.2 Å². The van der Waals surface area contributed by atoms with Crippen molar-refractivity contribution in [1.82, 2.24) is 9.97 Å². The largest absolute Gasteiger partial charge is 0.383 e. The molecule has 6 heteroatoms. The number of methoxy groups -OCH3 is 1. The number of nitrogens with zero attached hydrogens (tertiary/aromatic N) is 2. The highest BCUT2D eigenvalue weighted by molar-refractivity contribution is 6.30. The lowest BCUT2D eigenvalue weighted by molar-refractivity contribution is 0.210. The van der Waals surface area contributed by atoms with E-state index in [1.807, 2.05) is 54.6 Å². The van der Waals surface area contributed by atoms with E-state index < -0.39 is 0 Å². The van der Waals surface area contributed by atoms with Crippen LogP contribution in [0.5, 0.6) is 0 Å². The summed E-state index contributed by atoms with van der Waals surface area (Å²) in [7, 11) is 1.68. The SMILES string of the molecule is COCCNc1cc(NCCc2cccc(Cl)c2)nc(-c2ccccc2)n1. The van der Waals surface area contributed by atoms with Crippen LogP contribution in [0.25, 0.3) is 11.4 Å². The van der Waals surface area contributed by atoms with E-state index in [0.29, 0.717) is 19.0 Å². The average Bonchev–Trinajstić information content (AvgIpc) is 2.69. The fourth-order valence-corrected chi connectivity index (χ4v) is 2.87. The molecule has 0 aliphatic heterocycles. The summed E-state index contributed by atoms with van der Waals surface area (Å²) in [6, 6.07) is 19.8. The van der Waals surface area contributed by atoms with Crippen LogP contribution in [0.15, 0.2) is 60.7 Å². The molecule has 1 aromatic heterocycles. The second kappa shape index (κ2) is 9.90. The van der Waals surface area contributed by atoms with E-state index in [1.54, 1.807) is 7.11 Å². The molecule has 3 aromatic rings. The number of ether oxygens (including phenoxy) is 1. The highest BCUT2D eigenvalue weighted by Crippen LogP contribution is 2.20. The third-order valence-corrected chi connectivity index (χ3v) is 4.21. The first kappa shape index (κ1) is 19.1. The van der Waals surface area contributed by atoms with Crippen LogP contribution in [0.2, 0.25) is 5.02 Å². The molecule has 0 amide bonds. The van der Waals surface area contributed by atoms with Crippen molar-refractivity contribution in [2.24, 2.45) is 0 Å². The topological polar surface area (TPSA) is 59.1 Å². The van der Waals surface area contributed by atoms with Crippen molar-refractivity contribution >= 4 is 23.2 Å². The van der Waals surface area contributed by atoms with E-state index in [2.05, 4.69) is 26.7 Å². The number of rotatable bonds is 9. The number of benzene rings is 2. The van der Waals surface area contributed by atoms with Crippen LogP contribution in [-0.4, -0.2) is 36.8 Å². The Labute approximate surface area is 164 Å². The van der Waals surface area contributed by atoms with Gasteiger partial charge in [0.25, 0.3) is 0 Å². The van der Waals surface area contributed by atoms with Crippen LogP contribution >= 0.6 is 11.6 Å². The number of halogens is 1. The van der Waals surface area contributed by atoms with Gasteiger partial charge in [-0.3, -0.25) is 0 Å². The van der Waals surface area contributed by atoms with Gasteiger partial charge >= 0.3 is 0 Å². The molecule has 0 atom stereocenters. The van der Waals surface area contributed by atoms with Crippen molar-refractivity contribution in [1.29, 1.82) is 0 Å². The fourth-order valence-electron chi connectivity index (χ4n) is 2.65. The van der Waals surface area contributed by atoms with Crippen molar-refractivity contribution in [3.63, 3.8) is 0 Å². The molecule has 0 bridgehead atoms. The molecule has 0 aliphatic rings. The summed E-state index contributed by atoms with van der Waals surface area (Å²) in [4.78, 5) is 9.28. The predicted molar refractivity (Wildman–Crippen MR) is 111 cm³/mol. The Morgan fingerprint density at radius 1 is 0.889 bits per heavy atom. The Morgan fingerprint density at radius 2 is 1.63 bits per heavy atom. The smallest absolute Gasteiger partial charge is 0.163 e. The maximum Gasteiger partial charge on any atom is 0.163 e. The van der Waals surface area contributed by atoms with Gasteiger partial charge in [0, 0.05) is 36.9 Å². The quantitative estimate of drug-likeness (QED) is 0.533. The van der Waals surface area contributed by atoms with E-state index >= 15 is 0 Å². The normalized spacial score (nSPS) is 10.6. The summed E-state index contributed by atoms with van der Waals surface area (Å²) in [5, 5.41) is 7.42. The molecule has 0 fully saturated rings. The van der Waals surface area contributed by atoms with Crippen LogP contribution in [0.3, 0.4) is 0 Å². The molecule has 5 nitrogen and oxygen atoms in total. The Hall–Kier alpha value is -2.63. The van der Waals surface area contributed by atoms with Gasteiger partial charge in [-0.05, 0) is 24.1 Å². The zero-order valence-corrected chi connectivity index (χ0v) is 16.0. The fraction of sp³-hybridized carbons (Fsp3) is 0.238. The van der Waals surface area contributed by atoms with Crippen molar-refractivity contribution < 1.29 is 4.74 Å². The monoisotopic (exact) mass is 382 g/mol. The molecular formula is C21H23ClN4O. The minimum absolute atomic E-state index is 0.613. The second-order valence-corrected chi connectivity index (χ2v) is 6.49. The predicted octanol–water partition coefficient (Wildman–Crippen LogP) is 4.51. The maximum atomic E-state index is 6.05. The summed E-state index contributed by atoms with van der Waals surface area (Å²) >= 11 is 6.05. The number of hydrogen-bond donors (Lipinski definition) is 2. The van der Waals surface area contributed by atoms with E-state index in [1.165, 1.54) is 5.56 Å². The Balaban J connectivity index is 1.73. The first-order valence-electron chi connectivity index (χ1n) is 8.90. The van der Waals surface area contributed by atoms with E-state index in [9.17, 15) is 0 Å². The molecule has 27 heavy (non-hydrogen) atoms. The van der Waals surface area contributed by atoms with Crippen LogP contribution in [0, 0.1) is 0 Å². The first-order chi connectivity index (χ1) is 13.2. The van der Waals surface area contributed by atoms with Crippen LogP contribution in [0.1, 0.15) is 5.56 Å². The average molecular weight is 383 g/mol. The molecular weight excluding hydrogens is 360 g/mol. The zero-order chi connectivity index (χ0) is 18.9. The lowest BCUT2D eigenvalue weighted by Crippen LogP contribution is -2.12. The van der Waals surface area contributed by atoms with Gasteiger partial charge in [0.1, 0.15) is 11.6 Å². The van der Waals surface area contributed by atoms with Gasteiger partial charge in [-0.25, -0.2) is 9.97 Å². The summed E-state index contributed by atoms with van der Waals surface area (Å²) in [6.45, 7) is 2.05. The molecule has 1 heterocycles. The van der Waals surface area contributed by atoms with E-state index in [0.717, 1.165) is 35.2 Å². The third-order valence-electron chi connectivity index (χ3n) is 3.98. The molecule has 2 aromatic carbocycles. The minimum Gasteiger partial charge on any atom is -0.383 e. The molecule has 2 N–H and O–H groups in total. The van der Waals surface area contributed by atoms with Crippen LogP contribution < -0.4 is 10.6 Å². The summed E-state index contributed by atoms with van der Waals surface area (Å²) in [6.07, 6.45) is 0.859. The van der Waals surface area contributed by atoms with Gasteiger partial charge in [-0.1, -0.05) is 54.1 Å². The van der Waals surface area contributed by atoms with Gasteiger partial charge in [-0.2, -0.15) is 0 Å². The molecule has 0 radical (unpaired) electrons. The van der Waals surface area contributed by atoms with Crippen molar-refractivity contribution in [2.45, 2.75) is 6.42 Å². The van der Waals surface area contributed by atoms with Gasteiger partial charge in [0.05, 0.1) is 6.61 Å². The van der Waals surface area contributed by atoms with Gasteiger partial charge < -0.3 is 15.4 Å². The number of hydrogen-bond acceptors (Lipinski definition) is 5. The molecule has 3 rings (SSSR count). The lowest BCUT2D eigenvalue weighted by Gasteiger charge is -2.12. The Bertz CT molecular complexity index is 858. The Morgan fingerprint density at radius 3 is 2.33 bits per heavy atom. The highest BCUT2D eigenvalue weighted by atomic mass is 35.5. The highest BCUT2D eigenvalue weighted by Gasteiger charge is 2.07. The number of nitrogens with one attached hydrogen (secondary N) is 2. The van der Waals surface area contributed by atoms with Crippen molar-refractivity contribution in [3.8, 4) is 11.4 Å². The summed E-state index contributed by atoms with van der Waals surface area (Å²) in [5.41, 5.74) is 2.16. The minimum atomic E-state index is 0.613. The first-order valence-corrected chi connectivity index (χ1v) is 9.28. The maximum absolute atomic E-state index is 6.05. The molecule has 140 valence electrons. The van der Waals surface area contributed by atoms with E-state index in [-0.39, 0.29) is 0 Å². The molecule has 0 saturated carbocycles. The number of anilines is 2. The molecule has 0 saturated heterocycles. The molecule has 0 spiro atoms. The summed E-state index contributed by atoms with van der Waals surface area (Å²) < 4.78 is 5.10. The third kappa shape index (κ3) is 5.94. The van der Waals surface area contributed by atoms with E-state index in [4.69, 9.17) is 16.3 Å². The van der Waals surface area contributed by atoms with Gasteiger partial charge in [-0.15, -0.1) is 0 Å². The number of aromatic nitrogens is 2. The standard InChI is InChI=1S/C21H23ClN4O/c1-27-13-12-24-20-15-19(23-11-10-16-6-5-9-18(22)14-16)25-21(26-20)17-7-3-2-4-8-17/h2-9,14-15H,10-13H2,1H3,(H2,23,24,25,26). The van der Waals surface area contributed by atoms with Crippen LogP contribution in [-0.2, 0) is 11.2 Å². The lowest BCUT2D eigenvalue weighted by atomic mass is 10.1. The Kier molecular flexibility index (Phi) is 7.02. The van der Waals surface area contributed by atoms with Crippen molar-refractivity contribution in [2.75, 3.05) is 37.4 Å². The second-order valence-electron chi connectivity index (χ2n) is 6.05. The molecule has 0 unspecified atom stereocenters.